The first-order valence-electron chi connectivity index (χ1n) is 7.93. The molecule has 112 valence electrons. The molecule has 1 fully saturated rings. The second kappa shape index (κ2) is 6.62. The first kappa shape index (κ1) is 15.4. The first-order chi connectivity index (χ1) is 9.56. The molecule has 2 heteroatoms. The number of hydrogen-bond donors (Lipinski definition) is 1. The average Bonchev–Trinajstić information content (AvgIpc) is 3.21. The zero-order valence-corrected chi connectivity index (χ0v) is 13.5. The number of rotatable bonds is 8. The summed E-state index contributed by atoms with van der Waals surface area (Å²) in [6.45, 7) is 7.96. The summed E-state index contributed by atoms with van der Waals surface area (Å²) < 4.78 is 5.54. The van der Waals surface area contributed by atoms with Crippen LogP contribution < -0.4 is 10.1 Å². The summed E-state index contributed by atoms with van der Waals surface area (Å²) in [4.78, 5) is 0. The van der Waals surface area contributed by atoms with Crippen molar-refractivity contribution in [3.63, 3.8) is 0 Å². The molecule has 1 unspecified atom stereocenters. The summed E-state index contributed by atoms with van der Waals surface area (Å²) in [5, 5.41) is 3.71. The lowest BCUT2D eigenvalue weighted by atomic mass is 9.79. The summed E-state index contributed by atoms with van der Waals surface area (Å²) in [5.74, 6) is 1.03. The number of hydrogen-bond acceptors (Lipinski definition) is 2. The number of nitrogens with one attached hydrogen (secondary N) is 1. The van der Waals surface area contributed by atoms with Gasteiger partial charge >= 0.3 is 0 Å². The molecule has 1 aliphatic carbocycles. The molecule has 1 aliphatic rings. The van der Waals surface area contributed by atoms with Crippen molar-refractivity contribution in [3.8, 4) is 5.75 Å². The van der Waals surface area contributed by atoms with Crippen molar-refractivity contribution in [1.82, 2.24) is 5.32 Å². The Balaban J connectivity index is 2.10. The molecule has 0 heterocycles. The van der Waals surface area contributed by atoms with E-state index in [0.717, 1.165) is 24.8 Å². The highest BCUT2D eigenvalue weighted by molar-refractivity contribution is 5.37. The van der Waals surface area contributed by atoms with Gasteiger partial charge in [0.25, 0.3) is 0 Å². The van der Waals surface area contributed by atoms with Crippen LogP contribution >= 0.6 is 0 Å². The van der Waals surface area contributed by atoms with Gasteiger partial charge in [-0.25, -0.2) is 0 Å². The van der Waals surface area contributed by atoms with Crippen LogP contribution in [-0.2, 0) is 6.42 Å². The highest BCUT2D eigenvalue weighted by Crippen LogP contribution is 2.33. The Hall–Kier alpha value is -1.02. The van der Waals surface area contributed by atoms with Crippen LogP contribution in [0.4, 0.5) is 0 Å². The van der Waals surface area contributed by atoms with Gasteiger partial charge in [0.2, 0.25) is 0 Å². The molecule has 1 saturated carbocycles. The Morgan fingerprint density at radius 1 is 1.35 bits per heavy atom. The molecule has 0 aliphatic heterocycles. The third-order valence-corrected chi connectivity index (χ3v) is 4.30. The molecular weight excluding hydrogens is 246 g/mol. The predicted molar refractivity (Wildman–Crippen MR) is 85.5 cm³/mol. The summed E-state index contributed by atoms with van der Waals surface area (Å²) in [5.41, 5.74) is 2.98. The number of methoxy groups -OCH3 is 1. The van der Waals surface area contributed by atoms with Crippen LogP contribution in [0, 0.1) is 12.3 Å². The van der Waals surface area contributed by atoms with Crippen molar-refractivity contribution in [3.05, 3.63) is 29.3 Å². The Labute approximate surface area is 123 Å². The third-order valence-electron chi connectivity index (χ3n) is 4.30. The van der Waals surface area contributed by atoms with Crippen molar-refractivity contribution in [1.29, 1.82) is 0 Å². The molecule has 20 heavy (non-hydrogen) atoms. The van der Waals surface area contributed by atoms with E-state index in [-0.39, 0.29) is 0 Å². The monoisotopic (exact) mass is 275 g/mol. The molecule has 1 atom stereocenters. The van der Waals surface area contributed by atoms with Gasteiger partial charge in [0.15, 0.2) is 0 Å². The Kier molecular flexibility index (Phi) is 5.09. The van der Waals surface area contributed by atoms with Crippen molar-refractivity contribution in [2.24, 2.45) is 5.41 Å². The second-order valence-electron chi connectivity index (χ2n) is 6.71. The van der Waals surface area contributed by atoms with Crippen LogP contribution in [-0.4, -0.2) is 19.7 Å². The molecule has 0 radical (unpaired) electrons. The molecule has 0 amide bonds. The van der Waals surface area contributed by atoms with E-state index >= 15 is 0 Å². The molecule has 2 nitrogen and oxygen atoms in total. The average molecular weight is 275 g/mol. The SMILES string of the molecule is CCCC(C)(CNC1CC1)Cc1cc(C)ccc1OC. The maximum atomic E-state index is 5.54. The number of ether oxygens (including phenoxy) is 1. The molecule has 0 bridgehead atoms. The summed E-state index contributed by atoms with van der Waals surface area (Å²) in [6, 6.07) is 7.29. The van der Waals surface area contributed by atoms with Crippen molar-refractivity contribution in [2.75, 3.05) is 13.7 Å². The van der Waals surface area contributed by atoms with Crippen molar-refractivity contribution >= 4 is 0 Å². The van der Waals surface area contributed by atoms with Gasteiger partial charge < -0.3 is 10.1 Å². The molecule has 1 aromatic carbocycles. The zero-order valence-electron chi connectivity index (χ0n) is 13.5. The fourth-order valence-electron chi connectivity index (χ4n) is 3.03. The van der Waals surface area contributed by atoms with Gasteiger partial charge in [0.1, 0.15) is 5.75 Å². The quantitative estimate of drug-likeness (QED) is 0.771. The maximum Gasteiger partial charge on any atom is 0.122 e. The fraction of sp³-hybridized carbons (Fsp3) is 0.667. The zero-order chi connectivity index (χ0) is 14.6. The Morgan fingerprint density at radius 3 is 2.70 bits per heavy atom. The van der Waals surface area contributed by atoms with E-state index in [2.05, 4.69) is 44.3 Å². The van der Waals surface area contributed by atoms with Gasteiger partial charge in [0.05, 0.1) is 7.11 Å². The van der Waals surface area contributed by atoms with E-state index in [1.54, 1.807) is 7.11 Å². The van der Waals surface area contributed by atoms with Crippen LogP contribution in [0.25, 0.3) is 0 Å². The van der Waals surface area contributed by atoms with E-state index in [9.17, 15) is 0 Å². The van der Waals surface area contributed by atoms with Crippen LogP contribution in [0.15, 0.2) is 18.2 Å². The van der Waals surface area contributed by atoms with Crippen LogP contribution in [0.2, 0.25) is 0 Å². The molecule has 0 spiro atoms. The van der Waals surface area contributed by atoms with Gasteiger partial charge in [0, 0.05) is 12.6 Å². The molecule has 2 rings (SSSR count). The van der Waals surface area contributed by atoms with Crippen LogP contribution in [0.5, 0.6) is 5.75 Å². The van der Waals surface area contributed by atoms with Crippen molar-refractivity contribution < 1.29 is 4.74 Å². The maximum absolute atomic E-state index is 5.54. The Morgan fingerprint density at radius 2 is 2.10 bits per heavy atom. The van der Waals surface area contributed by atoms with Crippen molar-refractivity contribution in [2.45, 2.75) is 58.9 Å². The first-order valence-corrected chi connectivity index (χ1v) is 7.93. The van der Waals surface area contributed by atoms with Crippen LogP contribution in [0.3, 0.4) is 0 Å². The number of benzene rings is 1. The van der Waals surface area contributed by atoms with E-state index < -0.39 is 0 Å². The van der Waals surface area contributed by atoms with E-state index in [1.807, 2.05) is 0 Å². The highest BCUT2D eigenvalue weighted by Gasteiger charge is 2.29. The summed E-state index contributed by atoms with van der Waals surface area (Å²) >= 11 is 0. The lowest BCUT2D eigenvalue weighted by molar-refractivity contribution is 0.270. The van der Waals surface area contributed by atoms with E-state index in [0.29, 0.717) is 5.41 Å². The highest BCUT2D eigenvalue weighted by atomic mass is 16.5. The van der Waals surface area contributed by atoms with Gasteiger partial charge in [-0.05, 0) is 49.7 Å². The molecule has 0 saturated heterocycles. The lowest BCUT2D eigenvalue weighted by Gasteiger charge is -2.31. The van der Waals surface area contributed by atoms with Gasteiger partial charge in [-0.15, -0.1) is 0 Å². The molecule has 1 N–H and O–H groups in total. The lowest BCUT2D eigenvalue weighted by Crippen LogP contribution is -2.35. The van der Waals surface area contributed by atoms with Gasteiger partial charge in [-0.1, -0.05) is 38.0 Å². The Bertz CT molecular complexity index is 439. The topological polar surface area (TPSA) is 21.3 Å². The van der Waals surface area contributed by atoms with Crippen LogP contribution in [0.1, 0.15) is 50.7 Å². The summed E-state index contributed by atoms with van der Waals surface area (Å²) in [7, 11) is 1.77. The second-order valence-corrected chi connectivity index (χ2v) is 6.71. The normalized spacial score (nSPS) is 17.8. The van der Waals surface area contributed by atoms with E-state index in [1.165, 1.54) is 36.8 Å². The van der Waals surface area contributed by atoms with Gasteiger partial charge in [-0.2, -0.15) is 0 Å². The number of aryl methyl sites for hydroxylation is 1. The summed E-state index contributed by atoms with van der Waals surface area (Å²) in [6.07, 6.45) is 6.29. The minimum Gasteiger partial charge on any atom is -0.496 e. The smallest absolute Gasteiger partial charge is 0.122 e. The van der Waals surface area contributed by atoms with Gasteiger partial charge in [-0.3, -0.25) is 0 Å². The minimum absolute atomic E-state index is 0.318. The largest absolute Gasteiger partial charge is 0.496 e. The molecular formula is C18H29NO. The molecule has 0 aromatic heterocycles. The standard InChI is InChI=1S/C18H29NO/c1-5-10-18(3,13-19-16-7-8-16)12-15-11-14(2)6-9-17(15)20-4/h6,9,11,16,19H,5,7-8,10,12-13H2,1-4H3. The predicted octanol–water partition coefficient (Wildman–Crippen LogP) is 4.10. The fourth-order valence-corrected chi connectivity index (χ4v) is 3.03. The molecule has 1 aromatic rings. The third kappa shape index (κ3) is 4.24. The minimum atomic E-state index is 0.318. The van der Waals surface area contributed by atoms with E-state index in [4.69, 9.17) is 4.74 Å².